The molecule has 0 aliphatic rings. The monoisotopic (exact) mass is 902 g/mol. The number of anilines is 6. The summed E-state index contributed by atoms with van der Waals surface area (Å²) < 4.78 is 14.0. The maximum atomic E-state index is 6.99. The van der Waals surface area contributed by atoms with Crippen molar-refractivity contribution < 1.29 is 8.83 Å². The van der Waals surface area contributed by atoms with Crippen molar-refractivity contribution in [3.8, 4) is 0 Å². The van der Waals surface area contributed by atoms with Gasteiger partial charge < -0.3 is 18.6 Å². The van der Waals surface area contributed by atoms with E-state index < -0.39 is 0 Å². The molecule has 0 amide bonds. The Labute approximate surface area is 406 Å². The topological polar surface area (TPSA) is 32.8 Å². The van der Waals surface area contributed by atoms with Gasteiger partial charge in [-0.25, -0.2) is 0 Å². The van der Waals surface area contributed by atoms with E-state index >= 15 is 0 Å². The number of hydrogen-bond donors (Lipinski definition) is 0. The minimum atomic E-state index is 0.159. The van der Waals surface area contributed by atoms with Crippen molar-refractivity contribution in [2.75, 3.05) is 9.80 Å². The summed E-state index contributed by atoms with van der Waals surface area (Å²) in [4.78, 5) is 4.82. The van der Waals surface area contributed by atoms with Crippen LogP contribution in [0.15, 0.2) is 124 Å². The second kappa shape index (κ2) is 16.2. The molecule has 344 valence electrons. The largest absolute Gasteiger partial charge is 0.456 e. The number of fused-ring (bicyclic) bond motifs is 8. The van der Waals surface area contributed by atoms with Crippen molar-refractivity contribution in [1.82, 2.24) is 0 Å². The summed E-state index contributed by atoms with van der Waals surface area (Å²) in [6.07, 6.45) is 0. The van der Waals surface area contributed by atoms with Gasteiger partial charge in [-0.1, -0.05) is 26.0 Å². The van der Waals surface area contributed by atoms with E-state index in [4.69, 9.17) is 8.83 Å². The molecule has 0 fully saturated rings. The van der Waals surface area contributed by atoms with E-state index in [1.54, 1.807) is 0 Å². The molecule has 4 nitrogen and oxygen atoms in total. The van der Waals surface area contributed by atoms with Crippen molar-refractivity contribution in [2.45, 2.75) is 103 Å². The molecule has 11 rings (SSSR count). The van der Waals surface area contributed by atoms with E-state index in [0.29, 0.717) is 0 Å². The summed E-state index contributed by atoms with van der Waals surface area (Å²) >= 11 is 0. The van der Waals surface area contributed by atoms with Crippen LogP contribution in [-0.4, -0.2) is 0 Å². The number of benzene rings is 9. The Hall–Kier alpha value is -7.30. The van der Waals surface area contributed by atoms with E-state index in [0.717, 1.165) is 94.3 Å². The predicted octanol–water partition coefficient (Wildman–Crippen LogP) is 19.6. The quantitative estimate of drug-likeness (QED) is 0.160. The Morgan fingerprint density at radius 3 is 0.899 bits per heavy atom. The molecule has 0 aliphatic heterocycles. The van der Waals surface area contributed by atoms with Gasteiger partial charge in [0.15, 0.2) is 0 Å². The Morgan fingerprint density at radius 2 is 0.609 bits per heavy atom. The molecule has 4 heteroatoms. The predicted molar refractivity (Wildman–Crippen MR) is 296 cm³/mol. The van der Waals surface area contributed by atoms with Gasteiger partial charge in [0.25, 0.3) is 0 Å². The number of hydrogen-bond acceptors (Lipinski definition) is 4. The van der Waals surface area contributed by atoms with Gasteiger partial charge in [-0.15, -0.1) is 0 Å². The molecule has 0 N–H and O–H groups in total. The zero-order valence-corrected chi connectivity index (χ0v) is 42.8. The molecule has 2 heterocycles. The lowest BCUT2D eigenvalue weighted by molar-refractivity contribution is 0.638. The first kappa shape index (κ1) is 44.2. The van der Waals surface area contributed by atoms with Crippen molar-refractivity contribution in [1.29, 1.82) is 0 Å². The lowest BCUT2D eigenvalue weighted by Crippen LogP contribution is -2.12. The smallest absolute Gasteiger partial charge is 0.142 e. The van der Waals surface area contributed by atoms with Crippen LogP contribution in [0.4, 0.5) is 34.1 Å². The van der Waals surface area contributed by atoms with Gasteiger partial charge in [0, 0.05) is 61.2 Å². The average molecular weight is 903 g/mol. The van der Waals surface area contributed by atoms with Crippen LogP contribution in [0.25, 0.3) is 65.4 Å². The second-order valence-corrected chi connectivity index (χ2v) is 20.7. The van der Waals surface area contributed by atoms with Crippen LogP contribution >= 0.6 is 0 Å². The van der Waals surface area contributed by atoms with E-state index in [9.17, 15) is 0 Å². The van der Waals surface area contributed by atoms with Gasteiger partial charge in [-0.2, -0.15) is 0 Å². The first-order chi connectivity index (χ1) is 32.9. The highest BCUT2D eigenvalue weighted by molar-refractivity contribution is 6.20. The molecule has 0 saturated heterocycles. The van der Waals surface area contributed by atoms with Crippen LogP contribution in [0.1, 0.15) is 92.1 Å². The third-order valence-electron chi connectivity index (χ3n) is 15.9. The van der Waals surface area contributed by atoms with Crippen molar-refractivity contribution in [3.63, 3.8) is 0 Å². The molecule has 2 aromatic heterocycles. The lowest BCUT2D eigenvalue weighted by atomic mass is 9.95. The van der Waals surface area contributed by atoms with Crippen LogP contribution in [0, 0.1) is 83.1 Å². The molecule has 9 aromatic carbocycles. The highest BCUT2D eigenvalue weighted by Gasteiger charge is 2.24. The van der Waals surface area contributed by atoms with Crippen LogP contribution < -0.4 is 9.80 Å². The standard InChI is InChI=1S/C65H62N2O2/c1-34(2)63-64-59(57-29-47-15-17-51(27-49(47)31-61(57)68-64)66(53-19-35(3)43(11)36(4)20-53)54-21-37(5)44(12)38(6)22-54)33-60-58-30-48-16-18-52(28-50(48)32-62(58)69-65(60)63)67(55-23-39(7)45(13)40(8)24-55)56-25-41(9)46(14)42(10)26-56/h15-34H,1-14H3. The van der Waals surface area contributed by atoms with Crippen LogP contribution in [-0.2, 0) is 0 Å². The third-order valence-corrected chi connectivity index (χ3v) is 15.9. The number of furan rings is 2. The second-order valence-electron chi connectivity index (χ2n) is 20.7. The molecular formula is C65H62N2O2. The highest BCUT2D eigenvalue weighted by atomic mass is 16.3. The van der Waals surface area contributed by atoms with Gasteiger partial charge in [0.1, 0.15) is 22.3 Å². The number of nitrogens with zero attached hydrogens (tertiary/aromatic N) is 2. The summed E-state index contributed by atoms with van der Waals surface area (Å²) in [5.74, 6) is 0.159. The minimum absolute atomic E-state index is 0.159. The average Bonchev–Trinajstić information content (AvgIpc) is 3.84. The summed E-state index contributed by atoms with van der Waals surface area (Å²) in [7, 11) is 0. The Bertz CT molecular complexity index is 3510. The van der Waals surface area contributed by atoms with E-state index in [1.807, 2.05) is 0 Å². The molecule has 69 heavy (non-hydrogen) atoms. The van der Waals surface area contributed by atoms with Crippen LogP contribution in [0.3, 0.4) is 0 Å². The van der Waals surface area contributed by atoms with Crippen molar-refractivity contribution >= 4 is 99.5 Å². The lowest BCUT2D eigenvalue weighted by Gasteiger charge is -2.28. The van der Waals surface area contributed by atoms with Gasteiger partial charge in [-0.05, 0) is 280 Å². The molecule has 0 unspecified atom stereocenters. The van der Waals surface area contributed by atoms with Gasteiger partial charge in [0.2, 0.25) is 0 Å². The number of aryl methyl sites for hydroxylation is 8. The van der Waals surface area contributed by atoms with Crippen LogP contribution in [0.5, 0.6) is 0 Å². The molecule has 11 aromatic rings. The summed E-state index contributed by atoms with van der Waals surface area (Å²) in [5, 5.41) is 9.08. The van der Waals surface area contributed by atoms with Gasteiger partial charge >= 0.3 is 0 Å². The zero-order valence-electron chi connectivity index (χ0n) is 42.8. The fourth-order valence-corrected chi connectivity index (χ4v) is 10.9. The van der Waals surface area contributed by atoms with Crippen molar-refractivity contribution in [2.24, 2.45) is 0 Å². The Kier molecular flexibility index (Phi) is 10.4. The molecule has 0 bridgehead atoms. The molecule has 0 radical (unpaired) electrons. The summed E-state index contributed by atoms with van der Waals surface area (Å²) in [6.45, 7) is 31.1. The Morgan fingerprint density at radius 1 is 0.304 bits per heavy atom. The SMILES string of the molecule is Cc1cc(N(c2cc(C)c(C)c(C)c2)c2ccc3cc4c(cc3c2)oc2c(C(C)C)c3oc5cc6cc(N(c7cc(C)c(C)c(C)c7)c7cc(C)c(C)c(C)c7)ccc6cc5c3cc24)cc(C)c1C. The maximum absolute atomic E-state index is 6.99. The molecule has 0 saturated carbocycles. The maximum Gasteiger partial charge on any atom is 0.142 e. The molecular weight excluding hydrogens is 841 g/mol. The normalized spacial score (nSPS) is 12.0. The Balaban J connectivity index is 1.06. The third kappa shape index (κ3) is 7.18. The number of rotatable bonds is 7. The van der Waals surface area contributed by atoms with Gasteiger partial charge in [0.05, 0.1) is 0 Å². The zero-order chi connectivity index (χ0) is 48.5. The first-order valence-corrected chi connectivity index (χ1v) is 24.6. The molecule has 0 aliphatic carbocycles. The van der Waals surface area contributed by atoms with E-state index in [2.05, 4.69) is 222 Å². The minimum Gasteiger partial charge on any atom is -0.456 e. The molecule has 0 spiro atoms. The fourth-order valence-electron chi connectivity index (χ4n) is 10.9. The first-order valence-electron chi connectivity index (χ1n) is 24.6. The van der Waals surface area contributed by atoms with Gasteiger partial charge in [-0.3, -0.25) is 0 Å². The summed E-state index contributed by atoms with van der Waals surface area (Å²) in [6, 6.07) is 43.7. The summed E-state index contributed by atoms with van der Waals surface area (Å²) in [5.41, 5.74) is 27.2. The van der Waals surface area contributed by atoms with Crippen LogP contribution in [0.2, 0.25) is 0 Å². The van der Waals surface area contributed by atoms with E-state index in [-0.39, 0.29) is 5.92 Å². The van der Waals surface area contributed by atoms with Crippen molar-refractivity contribution in [3.05, 3.63) is 188 Å². The van der Waals surface area contributed by atoms with E-state index in [1.165, 1.54) is 77.5 Å². The molecule has 0 atom stereocenters. The highest BCUT2D eigenvalue weighted by Crippen LogP contribution is 2.47. The fraction of sp³-hybridized carbons (Fsp3) is 0.231.